The number of rotatable bonds is 5. The molecule has 0 aliphatic rings. The van der Waals surface area contributed by atoms with Crippen LogP contribution < -0.4 is 5.32 Å². The van der Waals surface area contributed by atoms with Crippen LogP contribution in [0.5, 0.6) is 0 Å². The molecule has 0 spiro atoms. The Morgan fingerprint density at radius 3 is 2.88 bits per heavy atom. The molecule has 0 fully saturated rings. The maximum atomic E-state index is 13.5. The molecular weight excluding hydrogens is 322 g/mol. The SMILES string of the molecule is C=C(Nc1ccc(I)cc1F)N(C)COC. The van der Waals surface area contributed by atoms with Gasteiger partial charge in [-0.1, -0.05) is 6.58 Å². The standard InChI is InChI=1S/C11H14FIN2O/c1-8(15(2)7-16-3)14-11-5-4-9(13)6-10(11)12/h4-6,14H,1,7H2,2-3H3. The van der Waals surface area contributed by atoms with Gasteiger partial charge < -0.3 is 15.0 Å². The van der Waals surface area contributed by atoms with Crippen molar-refractivity contribution < 1.29 is 9.13 Å². The van der Waals surface area contributed by atoms with E-state index in [-0.39, 0.29) is 5.82 Å². The molecule has 0 saturated heterocycles. The predicted molar refractivity (Wildman–Crippen MR) is 71.5 cm³/mol. The van der Waals surface area contributed by atoms with Crippen molar-refractivity contribution in [3.8, 4) is 0 Å². The monoisotopic (exact) mass is 336 g/mol. The molecule has 0 unspecified atom stereocenters. The van der Waals surface area contributed by atoms with Crippen molar-refractivity contribution in [3.63, 3.8) is 0 Å². The minimum atomic E-state index is -0.293. The van der Waals surface area contributed by atoms with Crippen molar-refractivity contribution in [2.45, 2.75) is 0 Å². The molecule has 0 saturated carbocycles. The predicted octanol–water partition coefficient (Wildman–Crippen LogP) is 2.85. The van der Waals surface area contributed by atoms with Gasteiger partial charge in [-0.15, -0.1) is 0 Å². The van der Waals surface area contributed by atoms with E-state index >= 15 is 0 Å². The zero-order valence-electron chi connectivity index (χ0n) is 9.26. The molecule has 3 nitrogen and oxygen atoms in total. The van der Waals surface area contributed by atoms with Gasteiger partial charge in [0.05, 0.1) is 11.5 Å². The van der Waals surface area contributed by atoms with E-state index in [1.54, 1.807) is 18.1 Å². The topological polar surface area (TPSA) is 24.5 Å². The van der Waals surface area contributed by atoms with Gasteiger partial charge in [-0.2, -0.15) is 0 Å². The van der Waals surface area contributed by atoms with Gasteiger partial charge in [0.1, 0.15) is 12.5 Å². The van der Waals surface area contributed by atoms with E-state index in [0.717, 1.165) is 3.57 Å². The summed E-state index contributed by atoms with van der Waals surface area (Å²) in [5.41, 5.74) is 0.411. The molecule has 0 bridgehead atoms. The van der Waals surface area contributed by atoms with Gasteiger partial charge >= 0.3 is 0 Å². The van der Waals surface area contributed by atoms with E-state index in [0.29, 0.717) is 18.2 Å². The molecule has 0 heterocycles. The number of benzene rings is 1. The van der Waals surface area contributed by atoms with Gasteiger partial charge in [-0.3, -0.25) is 0 Å². The first kappa shape index (κ1) is 13.2. The first-order valence-corrected chi connectivity index (χ1v) is 5.73. The van der Waals surface area contributed by atoms with Gasteiger partial charge in [-0.05, 0) is 40.8 Å². The second kappa shape index (κ2) is 6.05. The molecule has 0 amide bonds. The van der Waals surface area contributed by atoms with Crippen LogP contribution in [-0.2, 0) is 4.74 Å². The molecule has 1 aromatic rings. The highest BCUT2D eigenvalue weighted by Gasteiger charge is 2.06. The Balaban J connectivity index is 2.69. The van der Waals surface area contributed by atoms with Crippen molar-refractivity contribution in [2.75, 3.05) is 26.2 Å². The Hall–Kier alpha value is -0.820. The summed E-state index contributed by atoms with van der Waals surface area (Å²) in [7, 11) is 3.40. The number of nitrogens with zero attached hydrogens (tertiary/aromatic N) is 1. The van der Waals surface area contributed by atoms with E-state index in [2.05, 4.69) is 34.5 Å². The van der Waals surface area contributed by atoms with E-state index in [1.807, 2.05) is 13.1 Å². The Morgan fingerprint density at radius 1 is 1.62 bits per heavy atom. The quantitative estimate of drug-likeness (QED) is 0.661. The number of hydrogen-bond donors (Lipinski definition) is 1. The fourth-order valence-electron chi connectivity index (χ4n) is 1.11. The molecule has 16 heavy (non-hydrogen) atoms. The number of methoxy groups -OCH3 is 1. The summed E-state index contributed by atoms with van der Waals surface area (Å²) >= 11 is 2.06. The summed E-state index contributed by atoms with van der Waals surface area (Å²) in [6, 6.07) is 4.98. The summed E-state index contributed by atoms with van der Waals surface area (Å²) in [5.74, 6) is 0.292. The Morgan fingerprint density at radius 2 is 2.31 bits per heavy atom. The summed E-state index contributed by atoms with van der Waals surface area (Å²) in [6.45, 7) is 4.20. The second-order valence-corrected chi connectivity index (χ2v) is 4.56. The zero-order valence-corrected chi connectivity index (χ0v) is 11.4. The molecule has 0 aromatic heterocycles. The van der Waals surface area contributed by atoms with Crippen molar-refractivity contribution in [1.29, 1.82) is 0 Å². The van der Waals surface area contributed by atoms with Crippen molar-refractivity contribution in [1.82, 2.24) is 4.90 Å². The molecule has 1 aromatic carbocycles. The first-order chi connectivity index (χ1) is 7.54. The highest BCUT2D eigenvalue weighted by Crippen LogP contribution is 2.18. The third kappa shape index (κ3) is 3.64. The number of ether oxygens (including phenoxy) is 1. The molecule has 0 atom stereocenters. The normalized spacial score (nSPS) is 10.0. The highest BCUT2D eigenvalue weighted by atomic mass is 127. The van der Waals surface area contributed by atoms with E-state index in [1.165, 1.54) is 6.07 Å². The van der Waals surface area contributed by atoms with Gasteiger partial charge in [0.25, 0.3) is 0 Å². The molecular formula is C11H14FIN2O. The molecule has 0 aliphatic heterocycles. The number of anilines is 1. The fraction of sp³-hybridized carbons (Fsp3) is 0.273. The number of hydrogen-bond acceptors (Lipinski definition) is 3. The van der Waals surface area contributed by atoms with Crippen LogP contribution >= 0.6 is 22.6 Å². The Labute approximate surface area is 108 Å². The summed E-state index contributed by atoms with van der Waals surface area (Å²) in [5, 5.41) is 2.90. The smallest absolute Gasteiger partial charge is 0.147 e. The van der Waals surface area contributed by atoms with Crippen LogP contribution in [-0.4, -0.2) is 25.8 Å². The largest absolute Gasteiger partial charge is 0.364 e. The molecule has 0 aliphatic carbocycles. The molecule has 88 valence electrons. The molecule has 1 N–H and O–H groups in total. The number of halogens is 2. The van der Waals surface area contributed by atoms with Gasteiger partial charge in [0, 0.05) is 17.7 Å². The maximum absolute atomic E-state index is 13.5. The molecule has 5 heteroatoms. The molecule has 0 radical (unpaired) electrons. The first-order valence-electron chi connectivity index (χ1n) is 4.65. The zero-order chi connectivity index (χ0) is 12.1. The Bertz CT molecular complexity index is 384. The van der Waals surface area contributed by atoms with Crippen LogP contribution in [0, 0.1) is 9.39 Å². The summed E-state index contributed by atoms with van der Waals surface area (Å²) < 4.78 is 19.3. The van der Waals surface area contributed by atoms with Crippen molar-refractivity contribution in [3.05, 3.63) is 40.0 Å². The van der Waals surface area contributed by atoms with E-state index in [9.17, 15) is 4.39 Å². The Kier molecular flexibility index (Phi) is 5.01. The van der Waals surface area contributed by atoms with Crippen LogP contribution in [0.3, 0.4) is 0 Å². The number of nitrogens with one attached hydrogen (secondary N) is 1. The summed E-state index contributed by atoms with van der Waals surface area (Å²) in [6.07, 6.45) is 0. The van der Waals surface area contributed by atoms with E-state index < -0.39 is 0 Å². The third-order valence-corrected chi connectivity index (χ3v) is 2.66. The van der Waals surface area contributed by atoms with E-state index in [4.69, 9.17) is 4.74 Å². The average Bonchev–Trinajstić information content (AvgIpc) is 2.22. The average molecular weight is 336 g/mol. The van der Waals surface area contributed by atoms with Crippen LogP contribution in [0.2, 0.25) is 0 Å². The second-order valence-electron chi connectivity index (χ2n) is 3.31. The van der Waals surface area contributed by atoms with Crippen molar-refractivity contribution in [2.24, 2.45) is 0 Å². The highest BCUT2D eigenvalue weighted by molar-refractivity contribution is 14.1. The lowest BCUT2D eigenvalue weighted by atomic mass is 10.3. The maximum Gasteiger partial charge on any atom is 0.147 e. The molecule has 1 rings (SSSR count). The van der Waals surface area contributed by atoms with Crippen LogP contribution in [0.25, 0.3) is 0 Å². The van der Waals surface area contributed by atoms with Gasteiger partial charge in [-0.25, -0.2) is 4.39 Å². The lowest BCUT2D eigenvalue weighted by molar-refractivity contribution is 0.105. The van der Waals surface area contributed by atoms with Crippen LogP contribution in [0.15, 0.2) is 30.6 Å². The lowest BCUT2D eigenvalue weighted by Crippen LogP contribution is -2.24. The van der Waals surface area contributed by atoms with Crippen molar-refractivity contribution >= 4 is 28.3 Å². The third-order valence-electron chi connectivity index (χ3n) is 1.99. The van der Waals surface area contributed by atoms with Crippen LogP contribution in [0.1, 0.15) is 0 Å². The lowest BCUT2D eigenvalue weighted by Gasteiger charge is -2.21. The van der Waals surface area contributed by atoms with Gasteiger partial charge in [0.2, 0.25) is 0 Å². The minimum Gasteiger partial charge on any atom is -0.364 e. The summed E-state index contributed by atoms with van der Waals surface area (Å²) in [4.78, 5) is 1.75. The van der Waals surface area contributed by atoms with Gasteiger partial charge in [0.15, 0.2) is 0 Å². The minimum absolute atomic E-state index is 0.293. The fourth-order valence-corrected chi connectivity index (χ4v) is 1.57. The van der Waals surface area contributed by atoms with Crippen LogP contribution in [0.4, 0.5) is 10.1 Å².